The maximum atomic E-state index is 12.0. The lowest BCUT2D eigenvalue weighted by molar-refractivity contribution is -0.145. The maximum Gasteiger partial charge on any atom is 0.407 e. The lowest BCUT2D eigenvalue weighted by atomic mass is 10.2. The lowest BCUT2D eigenvalue weighted by Gasteiger charge is -2.20. The Hall–Kier alpha value is -2.64. The zero-order valence-corrected chi connectivity index (χ0v) is 14.3. The molecule has 24 heavy (non-hydrogen) atoms. The number of hydrogen-bond donors (Lipinski definition) is 2. The molecule has 0 aromatic carbocycles. The molecule has 0 spiro atoms. The van der Waals surface area contributed by atoms with E-state index in [9.17, 15) is 14.4 Å². The van der Waals surface area contributed by atoms with E-state index < -0.39 is 29.6 Å². The number of nitrogens with zero attached hydrogens (tertiary/aromatic N) is 1. The SMILES string of the molecule is COC(=O)C(NC(=O)CCNC(=O)OC(C)(C)C)c1ccccn1. The van der Waals surface area contributed by atoms with Gasteiger partial charge in [-0.05, 0) is 32.9 Å². The molecule has 1 aromatic rings. The van der Waals surface area contributed by atoms with E-state index in [0.29, 0.717) is 5.69 Å². The van der Waals surface area contributed by atoms with Gasteiger partial charge in [0, 0.05) is 19.2 Å². The molecule has 1 atom stereocenters. The van der Waals surface area contributed by atoms with Crippen molar-refractivity contribution in [2.45, 2.75) is 38.8 Å². The minimum Gasteiger partial charge on any atom is -0.467 e. The fraction of sp³-hybridized carbons (Fsp3) is 0.500. The number of esters is 1. The zero-order chi connectivity index (χ0) is 18.2. The molecule has 2 N–H and O–H groups in total. The fourth-order valence-corrected chi connectivity index (χ4v) is 1.74. The van der Waals surface area contributed by atoms with E-state index in [2.05, 4.69) is 20.4 Å². The van der Waals surface area contributed by atoms with Crippen molar-refractivity contribution in [3.05, 3.63) is 30.1 Å². The topological polar surface area (TPSA) is 107 Å². The van der Waals surface area contributed by atoms with Crippen LogP contribution in [0.5, 0.6) is 0 Å². The molecule has 2 amide bonds. The van der Waals surface area contributed by atoms with Gasteiger partial charge in [-0.3, -0.25) is 9.78 Å². The second-order valence-corrected chi connectivity index (χ2v) is 5.96. The van der Waals surface area contributed by atoms with Crippen LogP contribution >= 0.6 is 0 Å². The van der Waals surface area contributed by atoms with Crippen LogP contribution in [0.3, 0.4) is 0 Å². The smallest absolute Gasteiger partial charge is 0.407 e. The summed E-state index contributed by atoms with van der Waals surface area (Å²) in [6.07, 6.45) is 0.894. The Labute approximate surface area is 140 Å². The van der Waals surface area contributed by atoms with Crippen molar-refractivity contribution in [3.8, 4) is 0 Å². The number of methoxy groups -OCH3 is 1. The van der Waals surface area contributed by atoms with Crippen molar-refractivity contribution in [2.24, 2.45) is 0 Å². The van der Waals surface area contributed by atoms with E-state index in [0.717, 1.165) is 0 Å². The van der Waals surface area contributed by atoms with Gasteiger partial charge in [0.15, 0.2) is 6.04 Å². The van der Waals surface area contributed by atoms with E-state index in [-0.39, 0.29) is 13.0 Å². The van der Waals surface area contributed by atoms with Gasteiger partial charge in [-0.15, -0.1) is 0 Å². The first-order chi connectivity index (χ1) is 11.2. The highest BCUT2D eigenvalue weighted by molar-refractivity contribution is 5.85. The van der Waals surface area contributed by atoms with Crippen molar-refractivity contribution in [3.63, 3.8) is 0 Å². The average molecular weight is 337 g/mol. The van der Waals surface area contributed by atoms with Gasteiger partial charge in [-0.2, -0.15) is 0 Å². The number of hydrogen-bond acceptors (Lipinski definition) is 6. The van der Waals surface area contributed by atoms with Crippen LogP contribution < -0.4 is 10.6 Å². The number of carbonyl (C=O) groups is 3. The van der Waals surface area contributed by atoms with Crippen LogP contribution in [0.4, 0.5) is 4.79 Å². The van der Waals surface area contributed by atoms with Gasteiger partial charge >= 0.3 is 12.1 Å². The van der Waals surface area contributed by atoms with Crippen LogP contribution in [-0.4, -0.2) is 42.2 Å². The van der Waals surface area contributed by atoms with Crippen LogP contribution in [-0.2, 0) is 19.1 Å². The number of alkyl carbamates (subject to hydrolysis) is 1. The van der Waals surface area contributed by atoms with Crippen LogP contribution in [0.25, 0.3) is 0 Å². The first-order valence-corrected chi connectivity index (χ1v) is 7.48. The number of pyridine rings is 1. The summed E-state index contributed by atoms with van der Waals surface area (Å²) in [5.41, 5.74) is -0.237. The van der Waals surface area contributed by atoms with E-state index in [1.807, 2.05) is 0 Å². The molecule has 0 aliphatic heterocycles. The molecule has 8 nitrogen and oxygen atoms in total. The summed E-state index contributed by atoms with van der Waals surface area (Å²) in [7, 11) is 1.23. The van der Waals surface area contributed by atoms with Crippen molar-refractivity contribution in [1.29, 1.82) is 0 Å². The molecule has 1 unspecified atom stereocenters. The van der Waals surface area contributed by atoms with Gasteiger partial charge in [0.25, 0.3) is 0 Å². The minimum atomic E-state index is -0.995. The van der Waals surface area contributed by atoms with Crippen LogP contribution in [0.1, 0.15) is 38.9 Å². The predicted octanol–water partition coefficient (Wildman–Crippen LogP) is 1.33. The molecule has 0 bridgehead atoms. The second kappa shape index (κ2) is 8.85. The summed E-state index contributed by atoms with van der Waals surface area (Å²) < 4.78 is 9.74. The summed E-state index contributed by atoms with van der Waals surface area (Å²) in [5, 5.41) is 5.01. The monoisotopic (exact) mass is 337 g/mol. The Morgan fingerprint density at radius 3 is 2.50 bits per heavy atom. The van der Waals surface area contributed by atoms with Crippen LogP contribution in [0, 0.1) is 0 Å². The maximum absolute atomic E-state index is 12.0. The number of nitrogens with one attached hydrogen (secondary N) is 2. The van der Waals surface area contributed by atoms with Gasteiger partial charge in [-0.1, -0.05) is 6.07 Å². The van der Waals surface area contributed by atoms with Crippen LogP contribution in [0.15, 0.2) is 24.4 Å². The lowest BCUT2D eigenvalue weighted by Crippen LogP contribution is -2.38. The van der Waals surface area contributed by atoms with Crippen molar-refractivity contribution in [2.75, 3.05) is 13.7 Å². The van der Waals surface area contributed by atoms with Crippen molar-refractivity contribution < 1.29 is 23.9 Å². The molecule has 1 aromatic heterocycles. The average Bonchev–Trinajstić information content (AvgIpc) is 2.51. The molecular weight excluding hydrogens is 314 g/mol. The zero-order valence-electron chi connectivity index (χ0n) is 14.3. The minimum absolute atomic E-state index is 0.0143. The third-order valence-corrected chi connectivity index (χ3v) is 2.75. The predicted molar refractivity (Wildman–Crippen MR) is 86.0 cm³/mol. The molecule has 8 heteroatoms. The highest BCUT2D eigenvalue weighted by atomic mass is 16.6. The van der Waals surface area contributed by atoms with Gasteiger partial charge in [0.1, 0.15) is 5.60 Å². The Balaban J connectivity index is 2.52. The Morgan fingerprint density at radius 1 is 1.25 bits per heavy atom. The molecular formula is C16H23N3O5. The van der Waals surface area contributed by atoms with E-state index in [1.54, 1.807) is 39.0 Å². The van der Waals surface area contributed by atoms with Crippen molar-refractivity contribution >= 4 is 18.0 Å². The number of carbonyl (C=O) groups excluding carboxylic acids is 3. The second-order valence-electron chi connectivity index (χ2n) is 5.96. The van der Waals surface area contributed by atoms with Gasteiger partial charge < -0.3 is 20.1 Å². The summed E-state index contributed by atoms with van der Waals surface area (Å²) in [6.45, 7) is 5.31. The highest BCUT2D eigenvalue weighted by Crippen LogP contribution is 2.11. The van der Waals surface area contributed by atoms with E-state index >= 15 is 0 Å². The number of rotatable bonds is 6. The summed E-state index contributed by atoms with van der Waals surface area (Å²) in [6, 6.07) is 4.02. The normalized spacial score (nSPS) is 12.0. The fourth-order valence-electron chi connectivity index (χ4n) is 1.74. The van der Waals surface area contributed by atoms with Gasteiger partial charge in [0.05, 0.1) is 12.8 Å². The summed E-state index contributed by atoms with van der Waals surface area (Å²) in [5.74, 6) is -1.05. The molecule has 0 aliphatic rings. The quantitative estimate of drug-likeness (QED) is 0.758. The number of amides is 2. The molecule has 1 rings (SSSR count). The molecule has 1 heterocycles. The highest BCUT2D eigenvalue weighted by Gasteiger charge is 2.24. The molecule has 0 radical (unpaired) electrons. The first-order valence-electron chi connectivity index (χ1n) is 7.48. The molecule has 132 valence electrons. The standard InChI is InChI=1S/C16H23N3O5/c1-16(2,3)24-15(22)18-10-8-12(20)19-13(14(21)23-4)11-7-5-6-9-17-11/h5-7,9,13H,8,10H2,1-4H3,(H,18,22)(H,19,20). The number of ether oxygens (including phenoxy) is 2. The Kier molecular flexibility index (Phi) is 7.16. The summed E-state index contributed by atoms with van der Waals surface area (Å²) in [4.78, 5) is 39.3. The summed E-state index contributed by atoms with van der Waals surface area (Å²) >= 11 is 0. The van der Waals surface area contributed by atoms with Crippen LogP contribution in [0.2, 0.25) is 0 Å². The van der Waals surface area contributed by atoms with E-state index in [1.165, 1.54) is 13.3 Å². The molecule has 0 saturated heterocycles. The third kappa shape index (κ3) is 7.08. The van der Waals surface area contributed by atoms with Gasteiger partial charge in [0.2, 0.25) is 5.91 Å². The van der Waals surface area contributed by atoms with Gasteiger partial charge in [-0.25, -0.2) is 9.59 Å². The largest absolute Gasteiger partial charge is 0.467 e. The number of aromatic nitrogens is 1. The van der Waals surface area contributed by atoms with E-state index in [4.69, 9.17) is 4.74 Å². The molecule has 0 saturated carbocycles. The molecule has 0 fully saturated rings. The Morgan fingerprint density at radius 2 is 1.96 bits per heavy atom. The van der Waals surface area contributed by atoms with Crippen molar-refractivity contribution in [1.82, 2.24) is 15.6 Å². The molecule has 0 aliphatic carbocycles. The Bertz CT molecular complexity index is 569. The third-order valence-electron chi connectivity index (χ3n) is 2.75. The first kappa shape index (κ1) is 19.4.